The number of aryl methyl sites for hydroxylation is 2. The molecule has 23 heavy (non-hydrogen) atoms. The molecular formula is C18H22O5. The first-order chi connectivity index (χ1) is 11.0. The fraction of sp³-hybridized carbons (Fsp3) is 0.444. The van der Waals surface area contributed by atoms with Gasteiger partial charge in [-0.1, -0.05) is 13.8 Å². The molecule has 0 unspecified atom stereocenters. The maximum Gasteiger partial charge on any atom is 0.347 e. The molecule has 0 fully saturated rings. The summed E-state index contributed by atoms with van der Waals surface area (Å²) in [5, 5.41) is 0.873. The lowest BCUT2D eigenvalue weighted by atomic mass is 10.0. The van der Waals surface area contributed by atoms with Crippen molar-refractivity contribution in [1.29, 1.82) is 0 Å². The van der Waals surface area contributed by atoms with Crippen molar-refractivity contribution >= 4 is 16.9 Å². The minimum Gasteiger partial charge on any atom is -0.478 e. The third-order valence-electron chi connectivity index (χ3n) is 3.70. The fourth-order valence-electron chi connectivity index (χ4n) is 2.46. The standard InChI is InChI=1S/C18H22O5/c1-5-12-9-13-11(4)8-17(19)23-16(13)10-15(12)22-14(6-2)18(20)21-7-3/h8-10,14H,5-7H2,1-4H3/t14-/m1/s1. The van der Waals surface area contributed by atoms with Crippen LogP contribution in [-0.4, -0.2) is 18.7 Å². The lowest BCUT2D eigenvalue weighted by Gasteiger charge is -2.18. The number of hydrogen-bond donors (Lipinski definition) is 0. The van der Waals surface area contributed by atoms with Gasteiger partial charge in [0.1, 0.15) is 11.3 Å². The predicted molar refractivity (Wildman–Crippen MR) is 87.9 cm³/mol. The summed E-state index contributed by atoms with van der Waals surface area (Å²) in [5.41, 5.74) is 1.87. The van der Waals surface area contributed by atoms with Crippen molar-refractivity contribution < 1.29 is 18.7 Å². The van der Waals surface area contributed by atoms with E-state index in [1.807, 2.05) is 26.8 Å². The van der Waals surface area contributed by atoms with E-state index in [2.05, 4.69) is 0 Å². The number of fused-ring (bicyclic) bond motifs is 1. The summed E-state index contributed by atoms with van der Waals surface area (Å²) in [6, 6.07) is 5.10. The molecule has 124 valence electrons. The Kier molecular flexibility index (Phi) is 5.42. The van der Waals surface area contributed by atoms with Crippen LogP contribution in [0, 0.1) is 6.92 Å². The van der Waals surface area contributed by atoms with E-state index in [1.165, 1.54) is 6.07 Å². The molecule has 0 saturated heterocycles. The van der Waals surface area contributed by atoms with Crippen molar-refractivity contribution in [3.8, 4) is 5.75 Å². The van der Waals surface area contributed by atoms with Crippen molar-refractivity contribution in [1.82, 2.24) is 0 Å². The fourth-order valence-corrected chi connectivity index (χ4v) is 2.46. The molecule has 0 N–H and O–H groups in total. The van der Waals surface area contributed by atoms with Crippen LogP contribution in [0.15, 0.2) is 27.4 Å². The summed E-state index contributed by atoms with van der Waals surface area (Å²) in [4.78, 5) is 23.5. The average molecular weight is 318 g/mol. The molecule has 0 radical (unpaired) electrons. The summed E-state index contributed by atoms with van der Waals surface area (Å²) >= 11 is 0. The van der Waals surface area contributed by atoms with Crippen LogP contribution in [-0.2, 0) is 16.0 Å². The highest BCUT2D eigenvalue weighted by molar-refractivity contribution is 5.83. The van der Waals surface area contributed by atoms with Gasteiger partial charge >= 0.3 is 11.6 Å². The second-order valence-electron chi connectivity index (χ2n) is 5.32. The molecule has 1 aromatic heterocycles. The first-order valence-electron chi connectivity index (χ1n) is 7.90. The lowest BCUT2D eigenvalue weighted by Crippen LogP contribution is -2.29. The molecule has 5 nitrogen and oxygen atoms in total. The van der Waals surface area contributed by atoms with Crippen LogP contribution in [0.1, 0.15) is 38.3 Å². The molecule has 2 rings (SSSR count). The highest BCUT2D eigenvalue weighted by Crippen LogP contribution is 2.29. The summed E-state index contributed by atoms with van der Waals surface area (Å²) < 4.78 is 16.1. The zero-order valence-electron chi connectivity index (χ0n) is 14.0. The summed E-state index contributed by atoms with van der Waals surface area (Å²) in [6.45, 7) is 7.81. The normalized spacial score (nSPS) is 12.2. The highest BCUT2D eigenvalue weighted by atomic mass is 16.6. The maximum absolute atomic E-state index is 11.9. The van der Waals surface area contributed by atoms with Gasteiger partial charge in [-0.3, -0.25) is 0 Å². The summed E-state index contributed by atoms with van der Waals surface area (Å²) in [7, 11) is 0. The molecule has 0 saturated carbocycles. The summed E-state index contributed by atoms with van der Waals surface area (Å²) in [6.07, 6.45) is 0.565. The van der Waals surface area contributed by atoms with E-state index in [9.17, 15) is 9.59 Å². The Hall–Kier alpha value is -2.30. The monoisotopic (exact) mass is 318 g/mol. The Balaban J connectivity index is 2.46. The molecular weight excluding hydrogens is 296 g/mol. The van der Waals surface area contributed by atoms with E-state index in [0.29, 0.717) is 24.4 Å². The molecule has 0 spiro atoms. The Labute approximate surface area is 135 Å². The first-order valence-corrected chi connectivity index (χ1v) is 7.90. The molecule has 5 heteroatoms. The van der Waals surface area contributed by atoms with Gasteiger partial charge in [-0.2, -0.15) is 0 Å². The second kappa shape index (κ2) is 7.31. The third kappa shape index (κ3) is 3.73. The SMILES string of the molecule is CCOC(=O)[C@@H](CC)Oc1cc2oc(=O)cc(C)c2cc1CC. The topological polar surface area (TPSA) is 65.7 Å². The zero-order valence-corrected chi connectivity index (χ0v) is 14.0. The van der Waals surface area contributed by atoms with Gasteiger partial charge in [-0.05, 0) is 43.9 Å². The third-order valence-corrected chi connectivity index (χ3v) is 3.70. The van der Waals surface area contributed by atoms with E-state index < -0.39 is 11.7 Å². The number of esters is 1. The van der Waals surface area contributed by atoms with Crippen LogP contribution >= 0.6 is 0 Å². The molecule has 0 bridgehead atoms. The van der Waals surface area contributed by atoms with Gasteiger partial charge in [0.2, 0.25) is 0 Å². The number of rotatable bonds is 6. The predicted octanol–water partition coefficient (Wildman–Crippen LogP) is 3.38. The number of hydrogen-bond acceptors (Lipinski definition) is 5. The Morgan fingerprint density at radius 3 is 2.57 bits per heavy atom. The van der Waals surface area contributed by atoms with Crippen LogP contribution in [0.3, 0.4) is 0 Å². The minimum atomic E-state index is -0.672. The first kappa shape index (κ1) is 17.1. The summed E-state index contributed by atoms with van der Waals surface area (Å²) in [5.74, 6) is 0.163. The molecule has 0 aliphatic heterocycles. The van der Waals surface area contributed by atoms with Crippen LogP contribution in [0.4, 0.5) is 0 Å². The van der Waals surface area contributed by atoms with Crippen molar-refractivity contribution in [2.45, 2.75) is 46.6 Å². The number of benzene rings is 1. The van der Waals surface area contributed by atoms with Gasteiger partial charge < -0.3 is 13.9 Å². The lowest BCUT2D eigenvalue weighted by molar-refractivity contribution is -0.151. The van der Waals surface area contributed by atoms with E-state index in [4.69, 9.17) is 13.9 Å². The molecule has 0 aliphatic carbocycles. The van der Waals surface area contributed by atoms with Crippen LogP contribution in [0.2, 0.25) is 0 Å². The van der Waals surface area contributed by atoms with E-state index in [-0.39, 0.29) is 5.97 Å². The number of carbonyl (C=O) groups excluding carboxylic acids is 1. The number of ether oxygens (including phenoxy) is 2. The molecule has 1 heterocycles. The van der Waals surface area contributed by atoms with E-state index in [1.54, 1.807) is 13.0 Å². The average Bonchev–Trinajstić information content (AvgIpc) is 2.51. The Morgan fingerprint density at radius 1 is 1.22 bits per heavy atom. The van der Waals surface area contributed by atoms with Gasteiger partial charge in [0, 0.05) is 17.5 Å². The van der Waals surface area contributed by atoms with Crippen molar-refractivity contribution in [3.63, 3.8) is 0 Å². The second-order valence-corrected chi connectivity index (χ2v) is 5.32. The Morgan fingerprint density at radius 2 is 1.96 bits per heavy atom. The van der Waals surface area contributed by atoms with Gasteiger partial charge in [-0.15, -0.1) is 0 Å². The van der Waals surface area contributed by atoms with Crippen LogP contribution in [0.5, 0.6) is 5.75 Å². The van der Waals surface area contributed by atoms with Crippen molar-refractivity contribution in [3.05, 3.63) is 39.7 Å². The molecule has 1 atom stereocenters. The van der Waals surface area contributed by atoms with Crippen molar-refractivity contribution in [2.75, 3.05) is 6.61 Å². The molecule has 2 aromatic rings. The molecule has 1 aromatic carbocycles. The largest absolute Gasteiger partial charge is 0.478 e. The van der Waals surface area contributed by atoms with Gasteiger partial charge in [0.15, 0.2) is 6.10 Å². The van der Waals surface area contributed by atoms with Gasteiger partial charge in [0.25, 0.3) is 0 Å². The molecule has 0 aliphatic rings. The quantitative estimate of drug-likeness (QED) is 0.603. The van der Waals surface area contributed by atoms with E-state index >= 15 is 0 Å². The minimum absolute atomic E-state index is 0.311. The smallest absolute Gasteiger partial charge is 0.347 e. The highest BCUT2D eigenvalue weighted by Gasteiger charge is 2.21. The van der Waals surface area contributed by atoms with Gasteiger partial charge in [-0.25, -0.2) is 9.59 Å². The van der Waals surface area contributed by atoms with Crippen molar-refractivity contribution in [2.24, 2.45) is 0 Å². The van der Waals surface area contributed by atoms with E-state index in [0.717, 1.165) is 22.9 Å². The maximum atomic E-state index is 11.9. The van der Waals surface area contributed by atoms with Crippen LogP contribution < -0.4 is 10.4 Å². The molecule has 0 amide bonds. The Bertz CT molecular complexity index is 760. The zero-order chi connectivity index (χ0) is 17.0. The van der Waals surface area contributed by atoms with Crippen LogP contribution in [0.25, 0.3) is 11.0 Å². The van der Waals surface area contributed by atoms with Gasteiger partial charge in [0.05, 0.1) is 6.61 Å². The number of carbonyl (C=O) groups is 1.